The van der Waals surface area contributed by atoms with Gasteiger partial charge in [-0.1, -0.05) is 76.0 Å². The Morgan fingerprint density at radius 1 is 0.872 bits per heavy atom. The monoisotopic (exact) mass is 702 g/mol. The highest BCUT2D eigenvalue weighted by Crippen LogP contribution is 2.15. The van der Waals surface area contributed by atoms with Gasteiger partial charge in [-0.15, -0.1) is 0 Å². The zero-order valence-corrected chi connectivity index (χ0v) is 28.4. The van der Waals surface area contributed by atoms with Gasteiger partial charge in [0.15, 0.2) is 9.84 Å². The Bertz CT molecular complexity index is 1400. The lowest BCUT2D eigenvalue weighted by Gasteiger charge is -2.29. The number of carboxylic acid groups (broad SMARTS) is 2. The predicted molar refractivity (Wildman–Crippen MR) is 172 cm³/mol. The molecule has 0 saturated carbocycles. The Morgan fingerprint density at radius 2 is 1.47 bits per heavy atom. The zero-order valence-electron chi connectivity index (χ0n) is 26.8. The van der Waals surface area contributed by atoms with Crippen LogP contribution >= 0.6 is 11.6 Å². The highest BCUT2D eigenvalue weighted by Gasteiger charge is 2.34. The smallest absolute Gasteiger partial charge is 0.408 e. The Morgan fingerprint density at radius 3 is 1.98 bits per heavy atom. The summed E-state index contributed by atoms with van der Waals surface area (Å²) in [5, 5.41) is 28.3. The number of alkyl carbamates (subject to hydrolysis) is 1. The minimum Gasteiger partial charge on any atom is -0.481 e. The van der Waals surface area contributed by atoms with Crippen LogP contribution in [0.3, 0.4) is 0 Å². The van der Waals surface area contributed by atoms with Crippen LogP contribution in [0.5, 0.6) is 0 Å². The fraction of sp³-hybridized carbons (Fsp3) is 0.533. The Balaban J connectivity index is 3.18. The van der Waals surface area contributed by atoms with Gasteiger partial charge >= 0.3 is 18.0 Å². The molecule has 4 amide bonds. The summed E-state index contributed by atoms with van der Waals surface area (Å²) < 4.78 is 28.0. The molecule has 1 rings (SSSR count). The van der Waals surface area contributed by atoms with Crippen molar-refractivity contribution in [3.8, 4) is 0 Å². The second kappa shape index (κ2) is 19.5. The van der Waals surface area contributed by atoms with E-state index in [0.717, 1.165) is 12.3 Å². The number of benzene rings is 1. The van der Waals surface area contributed by atoms with Gasteiger partial charge in [0.2, 0.25) is 17.7 Å². The van der Waals surface area contributed by atoms with Gasteiger partial charge in [0, 0.05) is 12.7 Å². The lowest BCUT2D eigenvalue weighted by molar-refractivity contribution is -0.139. The molecule has 1 unspecified atom stereocenters. The van der Waals surface area contributed by atoms with Gasteiger partial charge < -0.3 is 36.2 Å². The summed E-state index contributed by atoms with van der Waals surface area (Å²) in [5.41, 5.74) is 0.710. The molecule has 0 spiro atoms. The number of hydrogen-bond donors (Lipinski definition) is 6. The summed E-state index contributed by atoms with van der Waals surface area (Å²) in [7, 11) is -3.91. The largest absolute Gasteiger partial charge is 0.481 e. The van der Waals surface area contributed by atoms with E-state index in [1.807, 2.05) is 0 Å². The maximum absolute atomic E-state index is 13.5. The number of halogens is 1. The molecule has 0 heterocycles. The molecule has 1 aromatic rings. The first-order valence-electron chi connectivity index (χ1n) is 14.7. The minimum absolute atomic E-state index is 0.0641. The zero-order chi connectivity index (χ0) is 35.9. The summed E-state index contributed by atoms with van der Waals surface area (Å²) in [6.07, 6.45) is -0.536. The molecule has 0 saturated heterocycles. The van der Waals surface area contributed by atoms with Gasteiger partial charge in [0.05, 0.1) is 12.5 Å². The molecule has 0 aliphatic carbocycles. The fourth-order valence-corrected chi connectivity index (χ4v) is 4.64. The average molecular weight is 703 g/mol. The van der Waals surface area contributed by atoms with Gasteiger partial charge in [0.25, 0.3) is 0 Å². The van der Waals surface area contributed by atoms with Crippen molar-refractivity contribution in [1.29, 1.82) is 0 Å². The molecule has 0 fully saturated rings. The first-order chi connectivity index (χ1) is 21.8. The van der Waals surface area contributed by atoms with E-state index in [4.69, 9.17) is 16.3 Å². The molecule has 15 nitrogen and oxygen atoms in total. The summed E-state index contributed by atoms with van der Waals surface area (Å²) in [6.45, 7) is 6.53. The van der Waals surface area contributed by atoms with Crippen molar-refractivity contribution < 1.29 is 52.1 Å². The maximum Gasteiger partial charge on any atom is 0.408 e. The number of amides is 4. The lowest BCUT2D eigenvalue weighted by Crippen LogP contribution is -2.59. The van der Waals surface area contributed by atoms with Gasteiger partial charge in [0.1, 0.15) is 29.1 Å². The molecule has 0 aliphatic heterocycles. The van der Waals surface area contributed by atoms with Crippen molar-refractivity contribution in [3.05, 3.63) is 46.3 Å². The molecule has 17 heteroatoms. The predicted octanol–water partition coefficient (Wildman–Crippen LogP) is 1.90. The molecule has 262 valence electrons. The van der Waals surface area contributed by atoms with E-state index in [9.17, 15) is 47.4 Å². The van der Waals surface area contributed by atoms with Gasteiger partial charge in [-0.3, -0.25) is 24.0 Å². The molecule has 0 aromatic heterocycles. The third kappa shape index (κ3) is 15.3. The molecular formula is C30H43ClN4O11S. The number of nitrogens with one attached hydrogen (secondary N) is 4. The van der Waals surface area contributed by atoms with E-state index in [2.05, 4.69) is 21.3 Å². The molecular weight excluding hydrogens is 660 g/mol. The van der Waals surface area contributed by atoms with E-state index >= 15 is 0 Å². The van der Waals surface area contributed by atoms with Crippen LogP contribution in [0.2, 0.25) is 0 Å². The number of carbonyl (C=O) groups excluding carboxylic acids is 4. The Kier molecular flexibility index (Phi) is 16.9. The third-order valence-electron chi connectivity index (χ3n) is 6.92. The van der Waals surface area contributed by atoms with Crippen LogP contribution in [0.4, 0.5) is 4.79 Å². The van der Waals surface area contributed by atoms with Crippen molar-refractivity contribution in [2.24, 2.45) is 11.8 Å². The number of aliphatic carboxylic acids is 2. The number of sulfone groups is 1. The van der Waals surface area contributed by atoms with E-state index in [0.29, 0.717) is 12.0 Å². The second-order valence-corrected chi connectivity index (χ2v) is 13.9. The van der Waals surface area contributed by atoms with E-state index in [1.54, 1.807) is 58.0 Å². The molecule has 47 heavy (non-hydrogen) atoms. The SMILES string of the molecule is CCC(C)[C@@H](NC(=O)[C@H](CCC(=O)O)NC(=O)[C@@H](NC(=O)OCc1ccccc1)C(C)C)C(=O)N[C@H](/C=C(\Cl)S(C)(=O)=O)CC(=O)O. The highest BCUT2D eigenvalue weighted by atomic mass is 35.5. The number of ether oxygens (including phenoxy) is 1. The third-order valence-corrected chi connectivity index (χ3v) is 8.73. The summed E-state index contributed by atoms with van der Waals surface area (Å²) in [4.78, 5) is 75.3. The van der Waals surface area contributed by atoms with Gasteiger partial charge in [-0.05, 0) is 29.9 Å². The highest BCUT2D eigenvalue weighted by molar-refractivity contribution is 7.96. The average Bonchev–Trinajstić information content (AvgIpc) is 2.98. The minimum atomic E-state index is -3.91. The Hall–Kier alpha value is -4.18. The van der Waals surface area contributed by atoms with Crippen LogP contribution in [-0.2, 0) is 45.2 Å². The summed E-state index contributed by atoms with van der Waals surface area (Å²) >= 11 is 5.78. The van der Waals surface area contributed by atoms with Crippen LogP contribution < -0.4 is 21.3 Å². The van der Waals surface area contributed by atoms with E-state index in [1.165, 1.54) is 0 Å². The van der Waals surface area contributed by atoms with Crippen molar-refractivity contribution in [3.63, 3.8) is 0 Å². The van der Waals surface area contributed by atoms with Crippen LogP contribution in [-0.4, -0.2) is 84.8 Å². The van der Waals surface area contributed by atoms with Crippen LogP contribution in [0, 0.1) is 11.8 Å². The summed E-state index contributed by atoms with van der Waals surface area (Å²) in [5.74, 6) is -6.29. The topological polar surface area (TPSA) is 234 Å². The number of hydrogen-bond acceptors (Lipinski definition) is 9. The number of rotatable bonds is 19. The first kappa shape index (κ1) is 40.8. The van der Waals surface area contributed by atoms with Crippen LogP contribution in [0.15, 0.2) is 40.8 Å². The molecule has 5 atom stereocenters. The molecule has 0 radical (unpaired) electrons. The molecule has 0 aliphatic rings. The van der Waals surface area contributed by atoms with E-state index < -0.39 is 98.8 Å². The molecule has 1 aromatic carbocycles. The lowest BCUT2D eigenvalue weighted by atomic mass is 9.96. The van der Waals surface area contributed by atoms with Crippen LogP contribution in [0.1, 0.15) is 58.9 Å². The quantitative estimate of drug-likeness (QED) is 0.122. The first-order valence-corrected chi connectivity index (χ1v) is 17.0. The van der Waals surface area contributed by atoms with Crippen molar-refractivity contribution in [2.45, 2.75) is 84.2 Å². The van der Waals surface area contributed by atoms with Gasteiger partial charge in [-0.2, -0.15) is 0 Å². The Labute approximate surface area is 278 Å². The van der Waals surface area contributed by atoms with E-state index in [-0.39, 0.29) is 13.0 Å². The molecule has 6 N–H and O–H groups in total. The number of carboxylic acids is 2. The van der Waals surface area contributed by atoms with Crippen LogP contribution in [0.25, 0.3) is 0 Å². The molecule has 0 bridgehead atoms. The normalized spacial score (nSPS) is 14.9. The number of carbonyl (C=O) groups is 6. The van der Waals surface area contributed by atoms with Crippen molar-refractivity contribution in [1.82, 2.24) is 21.3 Å². The maximum atomic E-state index is 13.5. The van der Waals surface area contributed by atoms with Crippen molar-refractivity contribution >= 4 is 57.2 Å². The summed E-state index contributed by atoms with van der Waals surface area (Å²) in [6, 6.07) is 3.48. The van der Waals surface area contributed by atoms with Crippen molar-refractivity contribution in [2.75, 3.05) is 6.26 Å². The second-order valence-electron chi connectivity index (χ2n) is 11.2. The fourth-order valence-electron chi connectivity index (χ4n) is 4.07. The van der Waals surface area contributed by atoms with Gasteiger partial charge in [-0.25, -0.2) is 13.2 Å². The standard InChI is InChI=1S/C30H43ClN4O11S/c1-6-18(4)26(29(42)32-20(15-24(38)39)14-22(31)47(5,44)45)34-27(40)21(12-13-23(36)37)33-28(41)25(17(2)3)35-30(43)46-16-19-10-8-7-9-11-19/h7-11,14,17-18,20-21,25-26H,6,12-13,15-16H2,1-5H3,(H,32,42)(H,33,41)(H,34,40)(H,35,43)(H,36,37)(H,38,39)/b22-14+/t18?,20-,21+,25+,26-/m1/s1.